The average molecular weight is 512 g/mol. The van der Waals surface area contributed by atoms with E-state index in [0.717, 1.165) is 36.8 Å². The predicted octanol–water partition coefficient (Wildman–Crippen LogP) is 4.76. The maximum atomic E-state index is 13.6. The van der Waals surface area contributed by atoms with Crippen molar-refractivity contribution in [2.75, 3.05) is 26.1 Å². The molecule has 8 nitrogen and oxygen atoms in total. The number of ether oxygens (including phenoxy) is 3. The van der Waals surface area contributed by atoms with Gasteiger partial charge in [0.1, 0.15) is 17.6 Å². The van der Waals surface area contributed by atoms with Crippen LogP contribution in [0.2, 0.25) is 5.02 Å². The number of benzene rings is 1. The first kappa shape index (κ1) is 24.4. The number of pyridine rings is 1. The average Bonchev–Trinajstić information content (AvgIpc) is 3.22. The molecule has 190 valence electrons. The van der Waals surface area contributed by atoms with Crippen LogP contribution < -0.4 is 19.5 Å². The van der Waals surface area contributed by atoms with Crippen LogP contribution in [-0.4, -0.2) is 48.5 Å². The highest BCUT2D eigenvalue weighted by atomic mass is 35.5. The number of halogens is 1. The number of amides is 2. The van der Waals surface area contributed by atoms with Crippen molar-refractivity contribution in [2.24, 2.45) is 5.92 Å². The van der Waals surface area contributed by atoms with Gasteiger partial charge < -0.3 is 24.4 Å². The van der Waals surface area contributed by atoms with Crippen LogP contribution in [-0.2, 0) is 16.0 Å². The Kier molecular flexibility index (Phi) is 7.05. The van der Waals surface area contributed by atoms with E-state index in [2.05, 4.69) is 10.3 Å². The smallest absolute Gasteiger partial charge is 0.290 e. The molecule has 0 spiro atoms. The van der Waals surface area contributed by atoms with Gasteiger partial charge in [0.05, 0.1) is 19.2 Å². The lowest BCUT2D eigenvalue weighted by Crippen LogP contribution is -2.47. The van der Waals surface area contributed by atoms with Crippen LogP contribution in [0, 0.1) is 5.92 Å². The van der Waals surface area contributed by atoms with Crippen molar-refractivity contribution < 1.29 is 23.8 Å². The maximum absolute atomic E-state index is 13.6. The van der Waals surface area contributed by atoms with Crippen molar-refractivity contribution >= 4 is 29.2 Å². The summed E-state index contributed by atoms with van der Waals surface area (Å²) in [7, 11) is 3.17. The predicted molar refractivity (Wildman–Crippen MR) is 135 cm³/mol. The summed E-state index contributed by atoms with van der Waals surface area (Å²) in [6.45, 7) is 0.326. The summed E-state index contributed by atoms with van der Waals surface area (Å²) in [6.07, 6.45) is 8.23. The van der Waals surface area contributed by atoms with Gasteiger partial charge in [0.15, 0.2) is 17.3 Å². The molecule has 1 N–H and O–H groups in total. The second-order valence-electron chi connectivity index (χ2n) is 9.53. The van der Waals surface area contributed by atoms with E-state index in [9.17, 15) is 9.59 Å². The van der Waals surface area contributed by atoms with Crippen LogP contribution in [0.15, 0.2) is 41.8 Å². The van der Waals surface area contributed by atoms with Crippen LogP contribution >= 0.6 is 11.6 Å². The molecular formula is C27H30ClN3O5. The molecule has 9 heteroatoms. The number of nitrogens with zero attached hydrogens (tertiary/aromatic N) is 2. The van der Waals surface area contributed by atoms with Gasteiger partial charge in [-0.3, -0.25) is 9.59 Å². The Morgan fingerprint density at radius 3 is 2.61 bits per heavy atom. The normalized spacial score (nSPS) is 18.3. The number of rotatable bonds is 7. The number of methoxy groups -OCH3 is 2. The number of nitrogens with one attached hydrogen (secondary N) is 1. The van der Waals surface area contributed by atoms with E-state index in [1.165, 1.54) is 12.6 Å². The number of carbonyl (C=O) groups is 2. The van der Waals surface area contributed by atoms with E-state index in [1.54, 1.807) is 37.3 Å². The zero-order chi connectivity index (χ0) is 25.2. The van der Waals surface area contributed by atoms with Crippen molar-refractivity contribution in [1.82, 2.24) is 9.88 Å². The summed E-state index contributed by atoms with van der Waals surface area (Å²) in [5.74, 6) is 2.24. The molecule has 1 aliphatic carbocycles. The Bertz CT molecular complexity index is 1190. The summed E-state index contributed by atoms with van der Waals surface area (Å²) < 4.78 is 17.2. The molecule has 2 aliphatic heterocycles. The minimum absolute atomic E-state index is 0.253. The Morgan fingerprint density at radius 2 is 1.92 bits per heavy atom. The van der Waals surface area contributed by atoms with Gasteiger partial charge in [-0.2, -0.15) is 0 Å². The largest absolute Gasteiger partial charge is 0.496 e. The highest BCUT2D eigenvalue weighted by Crippen LogP contribution is 2.45. The third-order valence-corrected chi connectivity index (χ3v) is 7.52. The fourth-order valence-electron chi connectivity index (χ4n) is 5.44. The molecule has 0 unspecified atom stereocenters. The minimum atomic E-state index is -0.640. The standard InChI is InChI=1S/C27H30ClN3O5/c1-34-21-9-10-22(35-2)25-19(21)13-17-15-31(27(33)24(17)36-25)20(12-16-6-4-3-5-7-16)26(32)30-23-11-8-18(28)14-29-23/h8-11,14,16,20H,3-7,12-13,15H2,1-2H3,(H,29,30,32)/t20-/m0/s1. The second kappa shape index (κ2) is 10.4. The fourth-order valence-corrected chi connectivity index (χ4v) is 5.56. The van der Waals surface area contributed by atoms with Crippen molar-refractivity contribution in [3.05, 3.63) is 52.4 Å². The highest BCUT2D eigenvalue weighted by Gasteiger charge is 2.43. The van der Waals surface area contributed by atoms with Gasteiger partial charge in [0.25, 0.3) is 5.91 Å². The maximum Gasteiger partial charge on any atom is 0.290 e. The van der Waals surface area contributed by atoms with E-state index < -0.39 is 6.04 Å². The SMILES string of the molecule is COc1ccc(OC)c2c1CC1=C(O2)C(=O)N([C@@H](CC2CCCCC2)C(=O)Nc2ccc(Cl)cn2)C1. The summed E-state index contributed by atoms with van der Waals surface area (Å²) in [5.41, 5.74) is 1.68. The van der Waals surface area contributed by atoms with Crippen molar-refractivity contribution in [1.29, 1.82) is 0 Å². The summed E-state index contributed by atoms with van der Waals surface area (Å²) in [5, 5.41) is 3.38. The number of carbonyl (C=O) groups excluding carboxylic acids is 2. The van der Waals surface area contributed by atoms with Gasteiger partial charge in [0.2, 0.25) is 5.91 Å². The van der Waals surface area contributed by atoms with E-state index in [1.807, 2.05) is 6.07 Å². The number of aromatic nitrogens is 1. The van der Waals surface area contributed by atoms with Crippen molar-refractivity contribution in [3.8, 4) is 17.2 Å². The second-order valence-corrected chi connectivity index (χ2v) is 9.97. The van der Waals surface area contributed by atoms with Gasteiger partial charge in [-0.1, -0.05) is 43.7 Å². The van der Waals surface area contributed by atoms with E-state index in [4.69, 9.17) is 25.8 Å². The summed E-state index contributed by atoms with van der Waals surface area (Å²) >= 11 is 5.95. The molecule has 5 rings (SSSR count). The van der Waals surface area contributed by atoms with Gasteiger partial charge >= 0.3 is 0 Å². The van der Waals surface area contributed by atoms with Crippen molar-refractivity contribution in [2.45, 2.75) is 51.0 Å². The minimum Gasteiger partial charge on any atom is -0.496 e. The van der Waals surface area contributed by atoms with Crippen LogP contribution in [0.5, 0.6) is 17.2 Å². The third kappa shape index (κ3) is 4.74. The summed E-state index contributed by atoms with van der Waals surface area (Å²) in [4.78, 5) is 33.0. The highest BCUT2D eigenvalue weighted by molar-refractivity contribution is 6.30. The molecule has 1 aromatic carbocycles. The molecule has 2 aromatic rings. The van der Waals surface area contributed by atoms with Gasteiger partial charge in [-0.25, -0.2) is 4.98 Å². The van der Waals surface area contributed by atoms with E-state index in [-0.39, 0.29) is 17.6 Å². The summed E-state index contributed by atoms with van der Waals surface area (Å²) in [6, 6.07) is 6.29. The first-order valence-corrected chi connectivity index (χ1v) is 12.7. The van der Waals surface area contributed by atoms with Crippen molar-refractivity contribution in [3.63, 3.8) is 0 Å². The molecule has 3 aliphatic rings. The Hall–Kier alpha value is -3.26. The van der Waals surface area contributed by atoms with Gasteiger partial charge in [-0.15, -0.1) is 0 Å². The zero-order valence-electron chi connectivity index (χ0n) is 20.5. The molecule has 0 saturated heterocycles. The Balaban J connectivity index is 1.41. The molecule has 0 bridgehead atoms. The third-order valence-electron chi connectivity index (χ3n) is 7.29. The fraction of sp³-hybridized carbons (Fsp3) is 0.444. The lowest BCUT2D eigenvalue weighted by Gasteiger charge is -2.31. The molecule has 1 saturated carbocycles. The molecule has 36 heavy (non-hydrogen) atoms. The molecule has 1 fully saturated rings. The molecule has 2 amide bonds. The quantitative estimate of drug-likeness (QED) is 0.576. The molecular weight excluding hydrogens is 482 g/mol. The zero-order valence-corrected chi connectivity index (χ0v) is 21.3. The van der Waals surface area contributed by atoms with Crippen LogP contribution in [0.25, 0.3) is 0 Å². The topological polar surface area (TPSA) is 90.0 Å². The Morgan fingerprint density at radius 1 is 1.17 bits per heavy atom. The lowest BCUT2D eigenvalue weighted by molar-refractivity contribution is -0.135. The van der Waals surface area contributed by atoms with Gasteiger partial charge in [0, 0.05) is 30.3 Å². The Labute approximate surface area is 215 Å². The van der Waals surface area contributed by atoms with Crippen LogP contribution in [0.4, 0.5) is 5.82 Å². The molecule has 1 atom stereocenters. The first-order valence-electron chi connectivity index (χ1n) is 12.4. The van der Waals surface area contributed by atoms with Crippen LogP contribution in [0.1, 0.15) is 44.1 Å². The number of hydrogen-bond donors (Lipinski definition) is 1. The lowest BCUT2D eigenvalue weighted by atomic mass is 9.84. The molecule has 3 heterocycles. The first-order chi connectivity index (χ1) is 17.5. The van der Waals surface area contributed by atoms with Gasteiger partial charge in [-0.05, 0) is 36.6 Å². The number of hydrogen-bond acceptors (Lipinski definition) is 6. The number of fused-ring (bicyclic) bond motifs is 1. The van der Waals surface area contributed by atoms with E-state index in [0.29, 0.717) is 53.4 Å². The van der Waals surface area contributed by atoms with E-state index >= 15 is 0 Å². The number of anilines is 1. The molecule has 1 aromatic heterocycles. The monoisotopic (exact) mass is 511 g/mol. The molecule has 0 radical (unpaired) electrons. The van der Waals surface area contributed by atoms with Crippen LogP contribution in [0.3, 0.4) is 0 Å².